The van der Waals surface area contributed by atoms with Gasteiger partial charge in [-0.3, -0.25) is 23.7 Å². The summed E-state index contributed by atoms with van der Waals surface area (Å²) in [6.07, 6.45) is 2.77. The van der Waals surface area contributed by atoms with Gasteiger partial charge in [-0.1, -0.05) is 0 Å². The van der Waals surface area contributed by atoms with Crippen molar-refractivity contribution in [3.8, 4) is 11.5 Å². The summed E-state index contributed by atoms with van der Waals surface area (Å²) in [7, 11) is 6.73. The van der Waals surface area contributed by atoms with Crippen molar-refractivity contribution in [1.82, 2.24) is 38.7 Å². The highest BCUT2D eigenvalue weighted by atomic mass is 16.6. The van der Waals surface area contributed by atoms with E-state index in [9.17, 15) is 28.8 Å². The molecule has 4 aliphatic heterocycles. The van der Waals surface area contributed by atoms with Crippen LogP contribution in [-0.4, -0.2) is 108 Å². The van der Waals surface area contributed by atoms with E-state index in [1.165, 1.54) is 48.1 Å². The number of carbonyl (C=O) groups is 5. The van der Waals surface area contributed by atoms with Crippen LogP contribution in [0.15, 0.2) is 17.3 Å². The van der Waals surface area contributed by atoms with Gasteiger partial charge in [-0.15, -0.1) is 0 Å². The second-order valence-electron chi connectivity index (χ2n) is 8.62. The maximum Gasteiger partial charge on any atom is 0.329 e. The van der Waals surface area contributed by atoms with Crippen molar-refractivity contribution in [3.63, 3.8) is 0 Å². The molecule has 4 amide bonds. The predicted molar refractivity (Wildman–Crippen MR) is 129 cm³/mol. The Bertz CT molecular complexity index is 1210. The Hall–Kier alpha value is -4.30. The first-order chi connectivity index (χ1) is 17.2. The monoisotopic (exact) mass is 520 g/mol. The third-order valence-corrected chi connectivity index (χ3v) is 5.78. The molecule has 2 unspecified atom stereocenters. The van der Waals surface area contributed by atoms with Crippen LogP contribution in [0.2, 0.25) is 0 Å². The highest BCUT2D eigenvalue weighted by Gasteiger charge is 2.50. The number of amides is 4. The number of fused-ring (bicyclic) bond motifs is 2. The first kappa shape index (κ1) is 28.9. The molecule has 4 heterocycles. The Morgan fingerprint density at radius 3 is 1.95 bits per heavy atom. The first-order valence-electron chi connectivity index (χ1n) is 11.2. The molecule has 15 heteroatoms. The number of urea groups is 1. The van der Waals surface area contributed by atoms with Gasteiger partial charge in [-0.05, 0) is 0 Å². The van der Waals surface area contributed by atoms with Gasteiger partial charge in [-0.25, -0.2) is 19.6 Å². The Balaban J connectivity index is 0.000000218. The fourth-order valence-corrected chi connectivity index (χ4v) is 4.13. The molecular weight excluding hydrogens is 488 g/mol. The van der Waals surface area contributed by atoms with Gasteiger partial charge in [0.15, 0.2) is 5.82 Å². The smallest absolute Gasteiger partial charge is 0.329 e. The highest BCUT2D eigenvalue weighted by Crippen LogP contribution is 2.28. The fraction of sp³-hybridized carbons (Fsp3) is 0.545. The van der Waals surface area contributed by atoms with Crippen molar-refractivity contribution in [2.45, 2.75) is 39.9 Å². The lowest BCUT2D eigenvalue weighted by molar-refractivity contribution is -0.156. The number of aryl methyl sites for hydroxylation is 1. The van der Waals surface area contributed by atoms with E-state index in [0.717, 1.165) is 5.69 Å². The third kappa shape index (κ3) is 6.48. The summed E-state index contributed by atoms with van der Waals surface area (Å²) in [6, 6.07) is -0.285. The van der Waals surface area contributed by atoms with Crippen LogP contribution in [-0.2, 0) is 38.0 Å². The van der Waals surface area contributed by atoms with Crippen LogP contribution in [0.3, 0.4) is 0 Å². The zero-order valence-corrected chi connectivity index (χ0v) is 22.2. The molecular formula is C22H32N8O7. The minimum atomic E-state index is -0.562. The van der Waals surface area contributed by atoms with Gasteiger partial charge >= 0.3 is 23.7 Å². The summed E-state index contributed by atoms with van der Waals surface area (Å²) in [5.74, 6) is -0.707. The molecule has 37 heavy (non-hydrogen) atoms. The molecule has 0 radical (unpaired) electrons. The molecule has 0 aromatic heterocycles. The van der Waals surface area contributed by atoms with E-state index in [0.29, 0.717) is 12.4 Å². The number of hydrogen-bond acceptors (Lipinski definition) is 9. The van der Waals surface area contributed by atoms with Crippen LogP contribution >= 0.6 is 0 Å². The molecule has 0 bridgehead atoms. The Labute approximate surface area is 213 Å². The molecule has 202 valence electrons. The van der Waals surface area contributed by atoms with Crippen molar-refractivity contribution in [1.29, 1.82) is 0 Å². The molecule has 15 nitrogen and oxygen atoms in total. The minimum Gasteiger partial charge on any atom is -0.394 e. The van der Waals surface area contributed by atoms with Crippen LogP contribution in [0.5, 0.6) is 0 Å². The van der Waals surface area contributed by atoms with E-state index in [1.54, 1.807) is 49.1 Å². The molecule has 2 fully saturated rings. The van der Waals surface area contributed by atoms with E-state index in [2.05, 4.69) is 14.7 Å². The molecule has 0 N–H and O–H groups in total. The maximum absolute atomic E-state index is 11.9. The zero-order valence-electron chi connectivity index (χ0n) is 22.2. The summed E-state index contributed by atoms with van der Waals surface area (Å²) < 4.78 is 6.93. The molecule has 4 rings (SSSR count). The third-order valence-electron chi connectivity index (χ3n) is 5.78. The van der Waals surface area contributed by atoms with Gasteiger partial charge < -0.3 is 28.9 Å². The quantitative estimate of drug-likeness (QED) is 0.315. The lowest BCUT2D eigenvalue weighted by Gasteiger charge is -2.42. The first-order valence-corrected chi connectivity index (χ1v) is 11.2. The van der Waals surface area contributed by atoms with Crippen LogP contribution in [0, 0.1) is 0 Å². The molecule has 0 aromatic carbocycles. The van der Waals surface area contributed by atoms with Gasteiger partial charge in [0.25, 0.3) is 0 Å². The number of esters is 2. The van der Waals surface area contributed by atoms with Gasteiger partial charge in [0.05, 0.1) is 12.7 Å². The number of nitrogens with zero attached hydrogens (tertiary/aromatic N) is 8. The van der Waals surface area contributed by atoms with Crippen LogP contribution < -0.4 is 5.69 Å². The average Bonchev–Trinajstić information content (AvgIpc) is 3.41. The summed E-state index contributed by atoms with van der Waals surface area (Å²) >= 11 is 0. The van der Waals surface area contributed by atoms with Crippen molar-refractivity contribution in [2.24, 2.45) is 14.1 Å². The lowest BCUT2D eigenvalue weighted by atomic mass is 10.1. The topological polar surface area (TPSA) is 160 Å². The highest BCUT2D eigenvalue weighted by molar-refractivity contribution is 5.82. The summed E-state index contributed by atoms with van der Waals surface area (Å²) in [5, 5.41) is 0. The molecule has 2 saturated heterocycles. The number of carbonyl (C=O) groups excluding carboxylic acids is 5. The van der Waals surface area contributed by atoms with E-state index in [1.807, 2.05) is 0 Å². The van der Waals surface area contributed by atoms with Crippen molar-refractivity contribution >= 4 is 29.8 Å². The number of aromatic nitrogens is 4. The molecule has 0 saturated carbocycles. The largest absolute Gasteiger partial charge is 0.394 e. The summed E-state index contributed by atoms with van der Waals surface area (Å²) in [4.78, 5) is 80.4. The van der Waals surface area contributed by atoms with Crippen molar-refractivity contribution in [2.75, 3.05) is 27.3 Å². The standard InChI is InChI=1S/C11H18N4O3.C7H8N4O.C4H6O3/c1-7(16)14-6-15(8(2)17)10-9(14)5-12(3)11(18)13(10)4;1-10-3-5-6(9-4-8-5)11(2)7(10)12;1-3(5)7-4(2)6/h9-10H,5-6H2,1-4H3;3-4H,1-2H3;1-2H3. The van der Waals surface area contributed by atoms with E-state index in [-0.39, 0.29) is 42.4 Å². The second kappa shape index (κ2) is 11.6. The van der Waals surface area contributed by atoms with E-state index in [4.69, 9.17) is 0 Å². The number of hydrogen-bond donors (Lipinski definition) is 0. The second-order valence-corrected chi connectivity index (χ2v) is 8.62. The molecule has 2 atom stereocenters. The van der Waals surface area contributed by atoms with Crippen LogP contribution in [0.1, 0.15) is 27.7 Å². The number of imidazole rings is 1. The lowest BCUT2D eigenvalue weighted by Crippen LogP contribution is -2.63. The van der Waals surface area contributed by atoms with Crippen LogP contribution in [0.4, 0.5) is 4.79 Å². The maximum atomic E-state index is 11.9. The molecule has 0 spiro atoms. The Morgan fingerprint density at radius 2 is 1.46 bits per heavy atom. The summed E-state index contributed by atoms with van der Waals surface area (Å²) in [5.41, 5.74) is 0.641. The average molecular weight is 521 g/mol. The SMILES string of the molecule is CC(=O)N1CN(C(C)=O)C2C1CN(C)C(=O)N2C.CC(=O)OC(C)=O.Cn1cc2ncnc-2n(C)c1=O. The number of ether oxygens (including phenoxy) is 1. The van der Waals surface area contributed by atoms with Crippen LogP contribution in [0.25, 0.3) is 11.5 Å². The minimum absolute atomic E-state index is 0.0788. The van der Waals surface area contributed by atoms with Gasteiger partial charge in [0.2, 0.25) is 11.8 Å². The Morgan fingerprint density at radius 1 is 0.892 bits per heavy atom. The predicted octanol–water partition coefficient (Wildman–Crippen LogP) is -0.939. The van der Waals surface area contributed by atoms with Gasteiger partial charge in [0, 0.05) is 68.6 Å². The van der Waals surface area contributed by atoms with Gasteiger partial charge in [0.1, 0.15) is 18.2 Å². The number of rotatable bonds is 0. The molecule has 4 aliphatic rings. The summed E-state index contributed by atoms with van der Waals surface area (Å²) in [6.45, 7) is 6.01. The normalized spacial score (nSPS) is 18.4. The van der Waals surface area contributed by atoms with Gasteiger partial charge in [-0.2, -0.15) is 0 Å². The van der Waals surface area contributed by atoms with E-state index < -0.39 is 11.9 Å². The number of likely N-dealkylation sites (N-methyl/N-ethyl adjacent to an activating group) is 2. The van der Waals surface area contributed by atoms with Crippen molar-refractivity contribution in [3.05, 3.63) is 23.0 Å². The zero-order chi connectivity index (χ0) is 28.2. The van der Waals surface area contributed by atoms with E-state index >= 15 is 0 Å². The molecule has 0 aliphatic carbocycles. The fourth-order valence-electron chi connectivity index (χ4n) is 4.13. The Kier molecular flexibility index (Phi) is 9.09. The molecule has 0 aromatic rings. The van der Waals surface area contributed by atoms with Crippen molar-refractivity contribution < 1.29 is 28.7 Å².